The molecular formula is C46H82NO10P. The minimum absolute atomic E-state index is 0.154. The number of nitrogens with two attached hydrogens (primary N) is 1. The Labute approximate surface area is 352 Å². The summed E-state index contributed by atoms with van der Waals surface area (Å²) < 4.78 is 32.7. The van der Waals surface area contributed by atoms with Gasteiger partial charge in [0.15, 0.2) is 6.10 Å². The molecule has 11 nitrogen and oxygen atoms in total. The van der Waals surface area contributed by atoms with E-state index in [2.05, 4.69) is 67.0 Å². The van der Waals surface area contributed by atoms with Crippen molar-refractivity contribution in [3.63, 3.8) is 0 Å². The minimum atomic E-state index is -4.73. The van der Waals surface area contributed by atoms with Crippen LogP contribution in [0.1, 0.15) is 194 Å². The van der Waals surface area contributed by atoms with E-state index in [1.165, 1.54) is 96.3 Å². The number of rotatable bonds is 42. The highest BCUT2D eigenvalue weighted by molar-refractivity contribution is 7.47. The first-order valence-corrected chi connectivity index (χ1v) is 24.2. The van der Waals surface area contributed by atoms with Gasteiger partial charge in [-0.15, -0.1) is 0 Å². The summed E-state index contributed by atoms with van der Waals surface area (Å²) in [6, 6.07) is -1.53. The van der Waals surface area contributed by atoms with Gasteiger partial charge in [0.25, 0.3) is 0 Å². The van der Waals surface area contributed by atoms with Gasteiger partial charge in [0, 0.05) is 12.8 Å². The average molecular weight is 840 g/mol. The van der Waals surface area contributed by atoms with Crippen LogP contribution >= 0.6 is 7.82 Å². The lowest BCUT2D eigenvalue weighted by Crippen LogP contribution is -2.34. The van der Waals surface area contributed by atoms with Gasteiger partial charge in [0.05, 0.1) is 13.2 Å². The lowest BCUT2D eigenvalue weighted by molar-refractivity contribution is -0.161. The van der Waals surface area contributed by atoms with E-state index in [0.717, 1.165) is 57.8 Å². The standard InChI is InChI=1S/C46H82NO10P/c1-3-5-7-9-11-13-15-17-19-20-21-22-24-26-28-30-32-34-36-38-45(49)57-42(40-55-58(52,53)56-41-43(47)46(50)51)39-54-44(48)37-35-33-31-29-27-25-23-18-16-14-12-10-8-6-4-2/h6,8,12,14,18,23,27,29,42-43H,3-5,7,9-11,13,15-17,19-22,24-26,28,30-41,47H2,1-2H3,(H,50,51)(H,52,53)/b8-6-,14-12-,23-18-,29-27-/t42-,43+/m1/s1. The highest BCUT2D eigenvalue weighted by Crippen LogP contribution is 2.43. The maximum absolute atomic E-state index is 12.6. The van der Waals surface area contributed by atoms with Crippen molar-refractivity contribution in [2.75, 3.05) is 19.8 Å². The molecular weight excluding hydrogens is 757 g/mol. The third-order valence-corrected chi connectivity index (χ3v) is 10.5. The molecule has 0 fully saturated rings. The Kier molecular flexibility index (Phi) is 39.4. The highest BCUT2D eigenvalue weighted by atomic mass is 31.2. The number of unbranched alkanes of at least 4 members (excludes halogenated alkanes) is 20. The first-order valence-electron chi connectivity index (χ1n) is 22.7. The summed E-state index contributed by atoms with van der Waals surface area (Å²) in [7, 11) is -4.73. The monoisotopic (exact) mass is 840 g/mol. The molecule has 0 rings (SSSR count). The Hall–Kier alpha value is -2.56. The smallest absolute Gasteiger partial charge is 0.472 e. The molecule has 0 aliphatic rings. The van der Waals surface area contributed by atoms with Crippen LogP contribution in [0.15, 0.2) is 48.6 Å². The Morgan fingerprint density at radius 3 is 1.45 bits per heavy atom. The number of carbonyl (C=O) groups is 3. The molecule has 1 unspecified atom stereocenters. The van der Waals surface area contributed by atoms with Gasteiger partial charge in [-0.2, -0.15) is 0 Å². The van der Waals surface area contributed by atoms with Crippen molar-refractivity contribution in [1.29, 1.82) is 0 Å². The van der Waals surface area contributed by atoms with E-state index in [1.54, 1.807) is 0 Å². The predicted octanol–water partition coefficient (Wildman–Crippen LogP) is 12.2. The molecule has 58 heavy (non-hydrogen) atoms. The fraction of sp³-hybridized carbons (Fsp3) is 0.761. The van der Waals surface area contributed by atoms with Crippen LogP contribution in [0, 0.1) is 0 Å². The van der Waals surface area contributed by atoms with Crippen molar-refractivity contribution in [3.8, 4) is 0 Å². The Bertz CT molecular complexity index is 1170. The molecule has 0 aromatic heterocycles. The van der Waals surface area contributed by atoms with Crippen LogP contribution in [0.3, 0.4) is 0 Å². The van der Waals surface area contributed by atoms with Crippen molar-refractivity contribution in [2.45, 2.75) is 206 Å². The maximum Gasteiger partial charge on any atom is 0.472 e. The van der Waals surface area contributed by atoms with E-state index in [9.17, 15) is 23.8 Å². The van der Waals surface area contributed by atoms with Crippen molar-refractivity contribution >= 4 is 25.7 Å². The van der Waals surface area contributed by atoms with Crippen LogP contribution in [0.4, 0.5) is 0 Å². The van der Waals surface area contributed by atoms with Gasteiger partial charge >= 0.3 is 25.7 Å². The Morgan fingerprint density at radius 1 is 0.552 bits per heavy atom. The molecule has 0 amide bonds. The van der Waals surface area contributed by atoms with Gasteiger partial charge in [0.1, 0.15) is 12.6 Å². The zero-order valence-electron chi connectivity index (χ0n) is 36.4. The number of ether oxygens (including phenoxy) is 2. The van der Waals surface area contributed by atoms with Crippen molar-refractivity contribution in [3.05, 3.63) is 48.6 Å². The zero-order chi connectivity index (χ0) is 42.8. The second-order valence-corrected chi connectivity index (χ2v) is 16.6. The number of carboxylic acids is 1. The van der Waals surface area contributed by atoms with Gasteiger partial charge in [-0.3, -0.25) is 23.4 Å². The summed E-state index contributed by atoms with van der Waals surface area (Å²) in [4.78, 5) is 46.0. The topological polar surface area (TPSA) is 172 Å². The molecule has 336 valence electrons. The minimum Gasteiger partial charge on any atom is -0.480 e. The number of aliphatic carboxylic acids is 1. The Morgan fingerprint density at radius 2 is 0.966 bits per heavy atom. The first kappa shape index (κ1) is 55.4. The number of carboxylic acid groups (broad SMARTS) is 1. The van der Waals surface area contributed by atoms with E-state index in [-0.39, 0.29) is 19.4 Å². The maximum atomic E-state index is 12.6. The van der Waals surface area contributed by atoms with Crippen LogP contribution in [0.25, 0.3) is 0 Å². The molecule has 0 aliphatic heterocycles. The molecule has 12 heteroatoms. The molecule has 0 saturated heterocycles. The molecule has 3 atom stereocenters. The lowest BCUT2D eigenvalue weighted by Gasteiger charge is -2.20. The molecule has 0 radical (unpaired) electrons. The molecule has 0 aliphatic carbocycles. The van der Waals surface area contributed by atoms with Crippen molar-refractivity contribution < 1.29 is 47.5 Å². The second kappa shape index (κ2) is 41.2. The normalized spacial score (nSPS) is 14.1. The summed E-state index contributed by atoms with van der Waals surface area (Å²) in [6.45, 7) is 2.66. The average Bonchev–Trinajstić information content (AvgIpc) is 3.20. The molecule has 0 spiro atoms. The number of allylic oxidation sites excluding steroid dienone is 8. The Balaban J connectivity index is 4.36. The van der Waals surface area contributed by atoms with Crippen LogP contribution < -0.4 is 5.73 Å². The van der Waals surface area contributed by atoms with Crippen LogP contribution in [0.5, 0.6) is 0 Å². The fourth-order valence-corrected chi connectivity index (χ4v) is 6.83. The van der Waals surface area contributed by atoms with Crippen LogP contribution in [-0.2, 0) is 37.5 Å². The molecule has 0 saturated carbocycles. The van der Waals surface area contributed by atoms with Crippen LogP contribution in [0.2, 0.25) is 0 Å². The third-order valence-electron chi connectivity index (χ3n) is 9.59. The molecule has 0 heterocycles. The quantitative estimate of drug-likeness (QED) is 0.0231. The van der Waals surface area contributed by atoms with E-state index in [4.69, 9.17) is 24.8 Å². The van der Waals surface area contributed by atoms with Gasteiger partial charge in [0.2, 0.25) is 0 Å². The van der Waals surface area contributed by atoms with Crippen LogP contribution in [-0.4, -0.2) is 59.9 Å². The SMILES string of the molecule is CC/C=C\C/C=C\C/C=C\C/C=C\CCCCC(=O)OC[C@H](COP(=O)(O)OC[C@H](N)C(=O)O)OC(=O)CCCCCCCCCCCCCCCCCCCCC. The van der Waals surface area contributed by atoms with E-state index < -0.39 is 51.1 Å². The highest BCUT2D eigenvalue weighted by Gasteiger charge is 2.28. The lowest BCUT2D eigenvalue weighted by atomic mass is 10.0. The van der Waals surface area contributed by atoms with E-state index in [1.807, 2.05) is 0 Å². The molecule has 0 aromatic carbocycles. The number of phosphoric ester groups is 1. The van der Waals surface area contributed by atoms with Crippen molar-refractivity contribution in [1.82, 2.24) is 0 Å². The van der Waals surface area contributed by atoms with E-state index in [0.29, 0.717) is 12.8 Å². The molecule has 0 aromatic rings. The number of phosphoric acid groups is 1. The van der Waals surface area contributed by atoms with Gasteiger partial charge in [-0.05, 0) is 51.4 Å². The van der Waals surface area contributed by atoms with Gasteiger partial charge in [-0.25, -0.2) is 4.57 Å². The first-order chi connectivity index (χ1) is 28.1. The zero-order valence-corrected chi connectivity index (χ0v) is 37.3. The summed E-state index contributed by atoms with van der Waals surface area (Å²) in [6.07, 6.45) is 46.1. The third kappa shape index (κ3) is 40.2. The van der Waals surface area contributed by atoms with Gasteiger partial charge in [-0.1, -0.05) is 178 Å². The molecule has 4 N–H and O–H groups in total. The van der Waals surface area contributed by atoms with E-state index >= 15 is 0 Å². The number of esters is 2. The summed E-state index contributed by atoms with van der Waals surface area (Å²) in [5.74, 6) is -2.43. The summed E-state index contributed by atoms with van der Waals surface area (Å²) >= 11 is 0. The molecule has 0 bridgehead atoms. The predicted molar refractivity (Wildman–Crippen MR) is 235 cm³/mol. The summed E-state index contributed by atoms with van der Waals surface area (Å²) in [5, 5.41) is 8.89. The number of hydrogen-bond acceptors (Lipinski definition) is 9. The largest absolute Gasteiger partial charge is 0.480 e. The number of carbonyl (C=O) groups excluding carboxylic acids is 2. The number of hydrogen-bond donors (Lipinski definition) is 3. The van der Waals surface area contributed by atoms with Crippen molar-refractivity contribution in [2.24, 2.45) is 5.73 Å². The summed E-state index contributed by atoms with van der Waals surface area (Å²) in [5.41, 5.74) is 5.33. The fourth-order valence-electron chi connectivity index (χ4n) is 6.06. The van der Waals surface area contributed by atoms with Gasteiger partial charge < -0.3 is 25.2 Å². The second-order valence-electron chi connectivity index (χ2n) is 15.2.